The Labute approximate surface area is 132 Å². The molecular formula is C19H13NO3. The first kappa shape index (κ1) is 13.5. The van der Waals surface area contributed by atoms with Crippen LogP contribution < -0.4 is 4.90 Å². The van der Waals surface area contributed by atoms with Crippen molar-refractivity contribution in [3.05, 3.63) is 77.4 Å². The summed E-state index contributed by atoms with van der Waals surface area (Å²) < 4.78 is 0. The third kappa shape index (κ3) is 2.07. The summed E-state index contributed by atoms with van der Waals surface area (Å²) in [6, 6.07) is 18.1. The predicted molar refractivity (Wildman–Crippen MR) is 87.9 cm³/mol. The van der Waals surface area contributed by atoms with E-state index in [0.717, 1.165) is 16.3 Å². The molecule has 1 heterocycles. The molecule has 0 unspecified atom stereocenters. The van der Waals surface area contributed by atoms with Crippen LogP contribution in [0.15, 0.2) is 60.7 Å². The lowest BCUT2D eigenvalue weighted by Crippen LogP contribution is -2.33. The number of amides is 1. The molecule has 3 aromatic carbocycles. The van der Waals surface area contributed by atoms with Crippen molar-refractivity contribution in [2.75, 3.05) is 4.90 Å². The van der Waals surface area contributed by atoms with Gasteiger partial charge in [-0.3, -0.25) is 4.79 Å². The van der Waals surface area contributed by atoms with Gasteiger partial charge in [0.25, 0.3) is 5.91 Å². The number of carboxylic acid groups (broad SMARTS) is 1. The van der Waals surface area contributed by atoms with E-state index in [9.17, 15) is 9.59 Å². The van der Waals surface area contributed by atoms with Crippen LogP contribution in [0, 0.1) is 0 Å². The summed E-state index contributed by atoms with van der Waals surface area (Å²) >= 11 is 0. The largest absolute Gasteiger partial charge is 0.478 e. The summed E-state index contributed by atoms with van der Waals surface area (Å²) in [4.78, 5) is 25.5. The summed E-state index contributed by atoms with van der Waals surface area (Å²) in [6.45, 7) is 0.486. The molecule has 0 radical (unpaired) electrons. The topological polar surface area (TPSA) is 57.6 Å². The van der Waals surface area contributed by atoms with Gasteiger partial charge in [0.2, 0.25) is 0 Å². The van der Waals surface area contributed by atoms with Crippen LogP contribution in [0.1, 0.15) is 26.3 Å². The van der Waals surface area contributed by atoms with E-state index in [2.05, 4.69) is 0 Å². The van der Waals surface area contributed by atoms with Gasteiger partial charge in [0.1, 0.15) is 0 Å². The molecule has 4 rings (SSSR count). The number of carbonyl (C=O) groups is 2. The molecule has 1 amide bonds. The first-order valence-corrected chi connectivity index (χ1v) is 7.31. The van der Waals surface area contributed by atoms with Gasteiger partial charge in [0.15, 0.2) is 0 Å². The number of hydrogen-bond acceptors (Lipinski definition) is 2. The third-order valence-corrected chi connectivity index (χ3v) is 4.22. The molecule has 1 aliphatic rings. The minimum Gasteiger partial charge on any atom is -0.478 e. The molecule has 0 aromatic heterocycles. The van der Waals surface area contributed by atoms with Gasteiger partial charge in [-0.25, -0.2) is 4.79 Å². The maximum atomic E-state index is 12.8. The van der Waals surface area contributed by atoms with E-state index in [1.54, 1.807) is 17.0 Å². The van der Waals surface area contributed by atoms with Gasteiger partial charge in [-0.2, -0.15) is 0 Å². The Kier molecular flexibility index (Phi) is 2.91. The molecule has 0 saturated carbocycles. The van der Waals surface area contributed by atoms with E-state index >= 15 is 0 Å². The quantitative estimate of drug-likeness (QED) is 0.785. The summed E-state index contributed by atoms with van der Waals surface area (Å²) in [7, 11) is 0. The number of rotatable bonds is 2. The lowest BCUT2D eigenvalue weighted by molar-refractivity contribution is 0.0696. The molecule has 0 saturated heterocycles. The molecular weight excluding hydrogens is 290 g/mol. The molecule has 0 aliphatic carbocycles. The van der Waals surface area contributed by atoms with Gasteiger partial charge in [-0.05, 0) is 46.7 Å². The highest BCUT2D eigenvalue weighted by atomic mass is 16.4. The van der Waals surface area contributed by atoms with Crippen LogP contribution >= 0.6 is 0 Å². The monoisotopic (exact) mass is 303 g/mol. The minimum atomic E-state index is -0.975. The highest BCUT2D eigenvalue weighted by molar-refractivity contribution is 6.17. The Morgan fingerprint density at radius 3 is 2.35 bits per heavy atom. The SMILES string of the molecule is O=C(O)c1ccc(N2Cc3cccc4cccc(c34)C2=O)cc1. The highest BCUT2D eigenvalue weighted by Gasteiger charge is 2.26. The number of hydrogen-bond donors (Lipinski definition) is 1. The van der Waals surface area contributed by atoms with Gasteiger partial charge < -0.3 is 10.0 Å². The van der Waals surface area contributed by atoms with Crippen molar-refractivity contribution in [2.45, 2.75) is 6.54 Å². The maximum absolute atomic E-state index is 12.8. The number of carboxylic acids is 1. The Morgan fingerprint density at radius 1 is 0.957 bits per heavy atom. The second-order valence-electron chi connectivity index (χ2n) is 5.56. The molecule has 0 atom stereocenters. The molecule has 23 heavy (non-hydrogen) atoms. The van der Waals surface area contributed by atoms with Gasteiger partial charge in [-0.1, -0.05) is 30.3 Å². The molecule has 3 aromatic rings. The Balaban J connectivity index is 1.81. The summed E-state index contributed by atoms with van der Waals surface area (Å²) in [5.41, 5.74) is 2.69. The van der Waals surface area contributed by atoms with Crippen molar-refractivity contribution >= 4 is 28.3 Å². The van der Waals surface area contributed by atoms with Crippen LogP contribution in [0.2, 0.25) is 0 Å². The van der Waals surface area contributed by atoms with E-state index in [-0.39, 0.29) is 11.5 Å². The van der Waals surface area contributed by atoms with Crippen LogP contribution in [-0.4, -0.2) is 17.0 Å². The molecule has 0 spiro atoms. The molecule has 4 nitrogen and oxygen atoms in total. The summed E-state index contributed by atoms with van der Waals surface area (Å²) in [5, 5.41) is 11.1. The number of anilines is 1. The lowest BCUT2D eigenvalue weighted by atomic mass is 9.94. The highest BCUT2D eigenvalue weighted by Crippen LogP contribution is 2.32. The van der Waals surface area contributed by atoms with E-state index in [0.29, 0.717) is 17.8 Å². The molecule has 1 aliphatic heterocycles. The molecule has 0 bridgehead atoms. The fourth-order valence-corrected chi connectivity index (χ4v) is 3.11. The van der Waals surface area contributed by atoms with Gasteiger partial charge in [0.05, 0.1) is 12.1 Å². The molecule has 1 N–H and O–H groups in total. The average Bonchev–Trinajstić information content (AvgIpc) is 2.58. The average molecular weight is 303 g/mol. The van der Waals surface area contributed by atoms with E-state index in [1.807, 2.05) is 36.4 Å². The van der Waals surface area contributed by atoms with Crippen molar-refractivity contribution < 1.29 is 14.7 Å². The molecule has 4 heteroatoms. The lowest BCUT2D eigenvalue weighted by Gasteiger charge is -2.29. The third-order valence-electron chi connectivity index (χ3n) is 4.22. The second kappa shape index (κ2) is 4.95. The van der Waals surface area contributed by atoms with Crippen LogP contribution in [0.5, 0.6) is 0 Å². The van der Waals surface area contributed by atoms with Crippen LogP contribution in [0.3, 0.4) is 0 Å². The first-order chi connectivity index (χ1) is 11.1. The van der Waals surface area contributed by atoms with Gasteiger partial charge in [0, 0.05) is 11.3 Å². The molecule has 0 fully saturated rings. The van der Waals surface area contributed by atoms with Gasteiger partial charge >= 0.3 is 5.97 Å². The smallest absolute Gasteiger partial charge is 0.335 e. The first-order valence-electron chi connectivity index (χ1n) is 7.31. The zero-order valence-electron chi connectivity index (χ0n) is 12.2. The Bertz CT molecular complexity index is 939. The fraction of sp³-hybridized carbons (Fsp3) is 0.0526. The number of nitrogens with zero attached hydrogens (tertiary/aromatic N) is 1. The van der Waals surface area contributed by atoms with Crippen molar-refractivity contribution in [3.8, 4) is 0 Å². The van der Waals surface area contributed by atoms with E-state index < -0.39 is 5.97 Å². The summed E-state index contributed by atoms with van der Waals surface area (Å²) in [5.74, 6) is -1.03. The zero-order chi connectivity index (χ0) is 16.0. The Morgan fingerprint density at radius 2 is 1.65 bits per heavy atom. The predicted octanol–water partition coefficient (Wildman–Crippen LogP) is 3.70. The number of benzene rings is 3. The Hall–Kier alpha value is -3.14. The molecule has 112 valence electrons. The van der Waals surface area contributed by atoms with Crippen LogP contribution in [0.4, 0.5) is 5.69 Å². The zero-order valence-corrected chi connectivity index (χ0v) is 12.2. The summed E-state index contributed by atoms with van der Waals surface area (Å²) in [6.07, 6.45) is 0. The second-order valence-corrected chi connectivity index (χ2v) is 5.56. The van der Waals surface area contributed by atoms with Crippen LogP contribution in [0.25, 0.3) is 10.8 Å². The number of carbonyl (C=O) groups excluding carboxylic acids is 1. The van der Waals surface area contributed by atoms with E-state index in [4.69, 9.17) is 5.11 Å². The fourth-order valence-electron chi connectivity index (χ4n) is 3.11. The van der Waals surface area contributed by atoms with Crippen molar-refractivity contribution in [1.82, 2.24) is 0 Å². The number of aromatic carboxylic acids is 1. The van der Waals surface area contributed by atoms with Crippen molar-refractivity contribution in [1.29, 1.82) is 0 Å². The normalized spacial score (nSPS) is 13.4. The maximum Gasteiger partial charge on any atom is 0.335 e. The minimum absolute atomic E-state index is 0.0580. The van der Waals surface area contributed by atoms with Crippen LogP contribution in [-0.2, 0) is 6.54 Å². The standard InChI is InChI=1S/C19H13NO3/c21-18-16-6-2-4-12-3-1-5-14(17(12)16)11-20(18)15-9-7-13(8-10-15)19(22)23/h1-10H,11H2,(H,22,23). The van der Waals surface area contributed by atoms with Crippen molar-refractivity contribution in [3.63, 3.8) is 0 Å². The van der Waals surface area contributed by atoms with Crippen molar-refractivity contribution in [2.24, 2.45) is 0 Å². The van der Waals surface area contributed by atoms with Gasteiger partial charge in [-0.15, -0.1) is 0 Å². The van der Waals surface area contributed by atoms with E-state index in [1.165, 1.54) is 12.1 Å².